The molecule has 0 unspecified atom stereocenters. The molecule has 3 atom stereocenters. The summed E-state index contributed by atoms with van der Waals surface area (Å²) in [5.41, 5.74) is 3.11. The molecule has 6 nitrogen and oxygen atoms in total. The predicted octanol–water partition coefficient (Wildman–Crippen LogP) is 4.76. The van der Waals surface area contributed by atoms with E-state index >= 15 is 0 Å². The van der Waals surface area contributed by atoms with Crippen LogP contribution in [-0.2, 0) is 16.6 Å². The Morgan fingerprint density at radius 1 is 1.03 bits per heavy atom. The van der Waals surface area contributed by atoms with Crippen LogP contribution in [0.25, 0.3) is 12.2 Å². The van der Waals surface area contributed by atoms with Gasteiger partial charge in [-0.25, -0.2) is 8.42 Å². The minimum atomic E-state index is -3.86. The summed E-state index contributed by atoms with van der Waals surface area (Å²) >= 11 is 0. The highest BCUT2D eigenvalue weighted by Crippen LogP contribution is 2.34. The lowest BCUT2D eigenvalue weighted by Gasteiger charge is -2.37. The number of likely N-dealkylation sites (N-methyl/N-ethyl adjacent to an activating group) is 1. The van der Waals surface area contributed by atoms with Crippen molar-refractivity contribution < 1.29 is 18.3 Å². The average Bonchev–Trinajstić information content (AvgIpc) is 2.90. The summed E-state index contributed by atoms with van der Waals surface area (Å²) in [5.74, 6) is 0.244. The number of hydrogen-bond acceptors (Lipinski definition) is 5. The van der Waals surface area contributed by atoms with Crippen LogP contribution in [0.15, 0.2) is 83.8 Å². The van der Waals surface area contributed by atoms with Crippen molar-refractivity contribution in [1.29, 1.82) is 0 Å². The first-order chi connectivity index (χ1) is 17.8. The van der Waals surface area contributed by atoms with E-state index in [1.54, 1.807) is 25.1 Å². The van der Waals surface area contributed by atoms with Crippen LogP contribution in [0.2, 0.25) is 0 Å². The molecule has 0 saturated heterocycles. The minimum Gasteiger partial charge on any atom is -0.487 e. The fraction of sp³-hybridized carbons (Fsp3) is 0.333. The fourth-order valence-electron chi connectivity index (χ4n) is 4.59. The lowest BCUT2D eigenvalue weighted by molar-refractivity contribution is 0.0733. The number of aliphatic hydroxyl groups is 1. The van der Waals surface area contributed by atoms with E-state index in [0.717, 1.165) is 17.7 Å². The second kappa shape index (κ2) is 12.0. The Morgan fingerprint density at radius 3 is 2.35 bits per heavy atom. The predicted molar refractivity (Wildman–Crippen MR) is 149 cm³/mol. The molecule has 0 aromatic heterocycles. The van der Waals surface area contributed by atoms with Gasteiger partial charge in [-0.15, -0.1) is 0 Å². The highest BCUT2D eigenvalue weighted by atomic mass is 32.2. The zero-order valence-electron chi connectivity index (χ0n) is 21.7. The fourth-order valence-corrected chi connectivity index (χ4v) is 6.41. The van der Waals surface area contributed by atoms with Gasteiger partial charge in [-0.05, 0) is 42.8 Å². The van der Waals surface area contributed by atoms with E-state index in [4.69, 9.17) is 4.74 Å². The maximum atomic E-state index is 13.7. The van der Waals surface area contributed by atoms with E-state index in [2.05, 4.69) is 17.0 Å². The van der Waals surface area contributed by atoms with Gasteiger partial charge >= 0.3 is 0 Å². The molecule has 37 heavy (non-hydrogen) atoms. The molecular formula is C30H36N2O4S. The average molecular weight is 521 g/mol. The van der Waals surface area contributed by atoms with Crippen LogP contribution in [0.1, 0.15) is 30.5 Å². The summed E-state index contributed by atoms with van der Waals surface area (Å²) in [6.45, 7) is 5.15. The summed E-state index contributed by atoms with van der Waals surface area (Å²) in [6.07, 6.45) is 3.70. The molecular weight excluding hydrogens is 484 g/mol. The highest BCUT2D eigenvalue weighted by molar-refractivity contribution is 7.89. The molecule has 1 N–H and O–H groups in total. The molecule has 1 aliphatic heterocycles. The van der Waals surface area contributed by atoms with E-state index in [1.165, 1.54) is 9.87 Å². The Balaban J connectivity index is 1.68. The number of rotatable bonds is 8. The number of benzene rings is 3. The molecule has 0 bridgehead atoms. The van der Waals surface area contributed by atoms with Crippen molar-refractivity contribution in [1.82, 2.24) is 9.21 Å². The molecule has 0 saturated carbocycles. The SMILES string of the molecule is C[C@H](CO)N1C[C@H](C)[C@H](CN(C)Cc2ccccc2)Oc2cc(C=Cc3ccccc3)ccc2S1(=O)=O. The molecule has 4 rings (SSSR count). The van der Waals surface area contributed by atoms with E-state index < -0.39 is 16.1 Å². The number of sulfonamides is 1. The Labute approximate surface area is 220 Å². The number of aliphatic hydroxyl groups excluding tert-OH is 1. The second-order valence-corrected chi connectivity index (χ2v) is 11.7. The van der Waals surface area contributed by atoms with Gasteiger partial charge in [0, 0.05) is 31.6 Å². The Hall–Kier alpha value is -2.97. The maximum Gasteiger partial charge on any atom is 0.247 e. The molecule has 0 spiro atoms. The van der Waals surface area contributed by atoms with Gasteiger partial charge in [-0.3, -0.25) is 4.90 Å². The van der Waals surface area contributed by atoms with Gasteiger partial charge in [0.2, 0.25) is 10.0 Å². The third kappa shape index (κ3) is 6.67. The van der Waals surface area contributed by atoms with Crippen molar-refractivity contribution in [3.05, 3.63) is 95.6 Å². The number of ether oxygens (including phenoxy) is 1. The first-order valence-electron chi connectivity index (χ1n) is 12.7. The third-order valence-corrected chi connectivity index (χ3v) is 8.77. The largest absolute Gasteiger partial charge is 0.487 e. The van der Waals surface area contributed by atoms with Crippen molar-refractivity contribution in [3.8, 4) is 5.75 Å². The van der Waals surface area contributed by atoms with Crippen molar-refractivity contribution in [2.75, 3.05) is 26.7 Å². The third-order valence-electron chi connectivity index (χ3n) is 6.75. The second-order valence-electron chi connectivity index (χ2n) is 9.87. The van der Waals surface area contributed by atoms with Crippen LogP contribution in [0, 0.1) is 5.92 Å². The topological polar surface area (TPSA) is 70.1 Å². The Morgan fingerprint density at radius 2 is 1.68 bits per heavy atom. The van der Waals surface area contributed by atoms with Crippen molar-refractivity contribution >= 4 is 22.2 Å². The number of hydrogen-bond donors (Lipinski definition) is 1. The van der Waals surface area contributed by atoms with Gasteiger partial charge in [0.15, 0.2) is 0 Å². The molecule has 3 aromatic carbocycles. The molecule has 0 amide bonds. The standard InChI is InChI=1S/C30H36N2O4S/c1-23-19-32(24(2)22-33)37(34,35)30-17-16-26(15-14-25-10-6-4-7-11-25)18-28(30)36-29(23)21-31(3)20-27-12-8-5-9-13-27/h4-18,23-24,29,33H,19-22H2,1-3H3/t23-,24+,29-/m0/s1. The lowest BCUT2D eigenvalue weighted by atomic mass is 10.0. The first kappa shape index (κ1) is 27.1. The number of fused-ring (bicyclic) bond motifs is 1. The van der Waals surface area contributed by atoms with Crippen molar-refractivity contribution in [2.24, 2.45) is 5.92 Å². The van der Waals surface area contributed by atoms with Gasteiger partial charge in [0.05, 0.1) is 6.61 Å². The number of nitrogens with zero attached hydrogens (tertiary/aromatic N) is 2. The van der Waals surface area contributed by atoms with Gasteiger partial charge < -0.3 is 9.84 Å². The molecule has 196 valence electrons. The maximum absolute atomic E-state index is 13.7. The highest BCUT2D eigenvalue weighted by Gasteiger charge is 2.38. The van der Waals surface area contributed by atoms with E-state index in [1.807, 2.05) is 74.7 Å². The van der Waals surface area contributed by atoms with Crippen LogP contribution in [0.3, 0.4) is 0 Å². The van der Waals surface area contributed by atoms with E-state index in [9.17, 15) is 13.5 Å². The van der Waals surface area contributed by atoms with Crippen molar-refractivity contribution in [2.45, 2.75) is 37.4 Å². The van der Waals surface area contributed by atoms with Gasteiger partial charge in [-0.2, -0.15) is 4.31 Å². The molecule has 3 aromatic rings. The monoisotopic (exact) mass is 520 g/mol. The smallest absolute Gasteiger partial charge is 0.247 e. The van der Waals surface area contributed by atoms with E-state index in [-0.39, 0.29) is 30.1 Å². The quantitative estimate of drug-likeness (QED) is 0.434. The summed E-state index contributed by atoms with van der Waals surface area (Å²) in [7, 11) is -1.81. The Bertz CT molecular complexity index is 1300. The summed E-state index contributed by atoms with van der Waals surface area (Å²) in [4.78, 5) is 2.33. The van der Waals surface area contributed by atoms with Gasteiger partial charge in [-0.1, -0.05) is 85.8 Å². The van der Waals surface area contributed by atoms with Crippen LogP contribution >= 0.6 is 0 Å². The zero-order chi connectivity index (χ0) is 26.4. The minimum absolute atomic E-state index is 0.0985. The first-order valence-corrected chi connectivity index (χ1v) is 14.1. The summed E-state index contributed by atoms with van der Waals surface area (Å²) < 4.78 is 35.3. The van der Waals surface area contributed by atoms with Crippen molar-refractivity contribution in [3.63, 3.8) is 0 Å². The zero-order valence-corrected chi connectivity index (χ0v) is 22.5. The molecule has 0 aliphatic carbocycles. The van der Waals surface area contributed by atoms with Gasteiger partial charge in [0.25, 0.3) is 0 Å². The summed E-state index contributed by atoms with van der Waals surface area (Å²) in [6, 6.07) is 24.9. The van der Waals surface area contributed by atoms with Crippen LogP contribution in [0.5, 0.6) is 5.75 Å². The van der Waals surface area contributed by atoms with E-state index in [0.29, 0.717) is 12.3 Å². The van der Waals surface area contributed by atoms with Gasteiger partial charge in [0.1, 0.15) is 16.7 Å². The van der Waals surface area contributed by atoms with Crippen LogP contribution < -0.4 is 4.74 Å². The Kier molecular flexibility index (Phi) is 8.82. The molecule has 1 aliphatic rings. The molecule has 1 heterocycles. The van der Waals surface area contributed by atoms with Crippen LogP contribution in [-0.4, -0.2) is 61.6 Å². The molecule has 7 heteroatoms. The molecule has 0 radical (unpaired) electrons. The summed E-state index contributed by atoms with van der Waals surface area (Å²) in [5, 5.41) is 9.86. The normalized spacial score (nSPS) is 20.7. The molecule has 0 fully saturated rings. The van der Waals surface area contributed by atoms with Crippen LogP contribution in [0.4, 0.5) is 0 Å². The lowest BCUT2D eigenvalue weighted by Crippen LogP contribution is -2.49.